The van der Waals surface area contributed by atoms with E-state index in [2.05, 4.69) is 10.3 Å². The van der Waals surface area contributed by atoms with Crippen molar-refractivity contribution in [3.63, 3.8) is 0 Å². The van der Waals surface area contributed by atoms with Gasteiger partial charge in [-0.3, -0.25) is 4.79 Å². The van der Waals surface area contributed by atoms with Gasteiger partial charge in [0.05, 0.1) is 0 Å². The molecule has 22 heavy (non-hydrogen) atoms. The van der Waals surface area contributed by atoms with Gasteiger partial charge in [0.1, 0.15) is 13.1 Å². The Morgan fingerprint density at radius 3 is 2.59 bits per heavy atom. The number of alkyl halides is 3. The number of likely N-dealkylation sites (N-methyl/N-ethyl adjacent to an activating group) is 1. The highest BCUT2D eigenvalue weighted by molar-refractivity contribution is 14.0. The summed E-state index contributed by atoms with van der Waals surface area (Å²) in [6.45, 7) is 0.137. The Hall–Kier alpha value is -1.52. The highest BCUT2D eigenvalue weighted by atomic mass is 127. The summed E-state index contributed by atoms with van der Waals surface area (Å²) in [5, 5.41) is 2.76. The van der Waals surface area contributed by atoms with E-state index in [9.17, 15) is 18.0 Å². The zero-order valence-corrected chi connectivity index (χ0v) is 14.5. The fourth-order valence-corrected chi connectivity index (χ4v) is 1.54. The monoisotopic (exact) mass is 430 g/mol. The van der Waals surface area contributed by atoms with Crippen molar-refractivity contribution in [2.45, 2.75) is 13.1 Å². The second-order valence-electron chi connectivity index (χ2n) is 4.56. The molecular weight excluding hydrogens is 412 g/mol. The molecule has 0 atom stereocenters. The van der Waals surface area contributed by atoms with Crippen LogP contribution in [0, 0.1) is 6.92 Å². The number of aryl methyl sites for hydroxylation is 1. The normalized spacial score (nSPS) is 11.6. The van der Waals surface area contributed by atoms with Crippen LogP contribution in [0.2, 0.25) is 0 Å². The lowest BCUT2D eigenvalue weighted by Crippen LogP contribution is -2.37. The largest absolute Gasteiger partial charge is 0.406 e. The molecule has 0 heterocycles. The summed E-state index contributed by atoms with van der Waals surface area (Å²) < 4.78 is 36.4. The van der Waals surface area contributed by atoms with Gasteiger partial charge in [0, 0.05) is 12.7 Å². The maximum Gasteiger partial charge on any atom is 0.406 e. The smallest absolute Gasteiger partial charge is 0.370 e. The molecule has 0 saturated carbocycles. The number of nitrogens with one attached hydrogen (secondary N) is 1. The van der Waals surface area contributed by atoms with Crippen LogP contribution in [0.3, 0.4) is 0 Å². The first-order valence-electron chi connectivity index (χ1n) is 6.12. The van der Waals surface area contributed by atoms with Gasteiger partial charge in [-0.2, -0.15) is 13.2 Å². The molecule has 0 aliphatic heterocycles. The SMILES string of the molecule is Cc1cccc(NC(N)=NCC(=O)N(C)CC(F)(F)F)c1.I. The van der Waals surface area contributed by atoms with Crippen LogP contribution in [-0.4, -0.2) is 43.1 Å². The summed E-state index contributed by atoms with van der Waals surface area (Å²) in [6, 6.07) is 7.29. The molecule has 124 valence electrons. The van der Waals surface area contributed by atoms with Gasteiger partial charge in [-0.1, -0.05) is 12.1 Å². The molecule has 0 unspecified atom stereocenters. The average molecular weight is 430 g/mol. The number of guanidine groups is 1. The highest BCUT2D eigenvalue weighted by Gasteiger charge is 2.30. The van der Waals surface area contributed by atoms with Crippen LogP contribution < -0.4 is 11.1 Å². The van der Waals surface area contributed by atoms with Crippen LogP contribution in [0.5, 0.6) is 0 Å². The van der Waals surface area contributed by atoms with E-state index in [4.69, 9.17) is 5.73 Å². The molecule has 5 nitrogen and oxygen atoms in total. The molecule has 0 radical (unpaired) electrons. The van der Waals surface area contributed by atoms with Crippen molar-refractivity contribution in [2.24, 2.45) is 10.7 Å². The molecule has 9 heteroatoms. The predicted molar refractivity (Wildman–Crippen MR) is 90.4 cm³/mol. The zero-order chi connectivity index (χ0) is 16.0. The fourth-order valence-electron chi connectivity index (χ4n) is 1.54. The molecule has 0 aliphatic rings. The lowest BCUT2D eigenvalue weighted by Gasteiger charge is -2.18. The van der Waals surface area contributed by atoms with Gasteiger partial charge < -0.3 is 16.0 Å². The molecule has 1 aromatic carbocycles. The second kappa shape index (κ2) is 8.81. The molecule has 0 spiro atoms. The van der Waals surface area contributed by atoms with E-state index < -0.39 is 25.2 Å². The summed E-state index contributed by atoms with van der Waals surface area (Å²) >= 11 is 0. The number of amides is 1. The van der Waals surface area contributed by atoms with Crippen LogP contribution in [0.1, 0.15) is 5.56 Å². The number of rotatable bonds is 4. The number of aliphatic imine (C=N–C) groups is 1. The van der Waals surface area contributed by atoms with Gasteiger partial charge in [0.2, 0.25) is 5.91 Å². The van der Waals surface area contributed by atoms with Crippen molar-refractivity contribution in [1.29, 1.82) is 0 Å². The van der Waals surface area contributed by atoms with Crippen LogP contribution >= 0.6 is 24.0 Å². The topological polar surface area (TPSA) is 70.7 Å². The van der Waals surface area contributed by atoms with E-state index in [1.165, 1.54) is 0 Å². The maximum absolute atomic E-state index is 12.1. The summed E-state index contributed by atoms with van der Waals surface area (Å²) in [4.78, 5) is 15.8. The van der Waals surface area contributed by atoms with Crippen molar-refractivity contribution in [3.8, 4) is 0 Å². The Balaban J connectivity index is 0.00000441. The molecule has 1 amide bonds. The number of carbonyl (C=O) groups is 1. The quantitative estimate of drug-likeness (QED) is 0.438. The third-order valence-corrected chi connectivity index (χ3v) is 2.52. The Morgan fingerprint density at radius 1 is 1.41 bits per heavy atom. The lowest BCUT2D eigenvalue weighted by molar-refractivity contribution is -0.157. The number of benzene rings is 1. The number of carbonyl (C=O) groups excluding carboxylic acids is 1. The van der Waals surface area contributed by atoms with Crippen LogP contribution in [-0.2, 0) is 4.79 Å². The van der Waals surface area contributed by atoms with Crippen molar-refractivity contribution < 1.29 is 18.0 Å². The highest BCUT2D eigenvalue weighted by Crippen LogP contribution is 2.15. The number of hydrogen-bond donors (Lipinski definition) is 2. The Kier molecular flexibility index (Phi) is 8.20. The summed E-state index contributed by atoms with van der Waals surface area (Å²) in [5.41, 5.74) is 7.27. The van der Waals surface area contributed by atoms with Gasteiger partial charge >= 0.3 is 6.18 Å². The van der Waals surface area contributed by atoms with Crippen molar-refractivity contribution in [2.75, 3.05) is 25.5 Å². The molecule has 3 N–H and O–H groups in total. The third kappa shape index (κ3) is 8.05. The Labute approximate surface area is 143 Å². The first kappa shape index (κ1) is 20.5. The Morgan fingerprint density at radius 2 is 2.05 bits per heavy atom. The molecule has 1 rings (SSSR count). The summed E-state index contributed by atoms with van der Waals surface area (Å²) in [6.07, 6.45) is -4.43. The maximum atomic E-state index is 12.1. The van der Waals surface area contributed by atoms with Gasteiger partial charge in [-0.05, 0) is 24.6 Å². The molecule has 1 aromatic rings. The minimum atomic E-state index is -4.43. The van der Waals surface area contributed by atoms with Crippen LogP contribution in [0.4, 0.5) is 18.9 Å². The molecule has 0 aromatic heterocycles. The van der Waals surface area contributed by atoms with Gasteiger partial charge in [0.25, 0.3) is 0 Å². The average Bonchev–Trinajstić information content (AvgIpc) is 2.33. The zero-order valence-electron chi connectivity index (χ0n) is 12.1. The van der Waals surface area contributed by atoms with E-state index in [1.54, 1.807) is 6.07 Å². The predicted octanol–water partition coefficient (Wildman–Crippen LogP) is 2.36. The lowest BCUT2D eigenvalue weighted by atomic mass is 10.2. The molecular formula is C13H18F3IN4O. The fraction of sp³-hybridized carbons (Fsp3) is 0.385. The standard InChI is InChI=1S/C13H17F3N4O.HI/c1-9-4-3-5-10(6-9)19-12(17)18-7-11(21)20(2)8-13(14,15)16;/h3-6H,7-8H2,1-2H3,(H3,17,18,19);1H. The Bertz CT molecular complexity index is 534. The van der Waals surface area contributed by atoms with Crippen molar-refractivity contribution in [3.05, 3.63) is 29.8 Å². The molecule has 0 aliphatic carbocycles. The summed E-state index contributed by atoms with van der Waals surface area (Å²) in [5.74, 6) is -0.796. The number of halogens is 4. The number of nitrogens with zero attached hydrogens (tertiary/aromatic N) is 2. The first-order valence-corrected chi connectivity index (χ1v) is 6.12. The number of nitrogens with two attached hydrogens (primary N) is 1. The van der Waals surface area contributed by atoms with Gasteiger partial charge in [-0.15, -0.1) is 24.0 Å². The van der Waals surface area contributed by atoms with Crippen LogP contribution in [0.25, 0.3) is 0 Å². The van der Waals surface area contributed by atoms with Gasteiger partial charge in [0.15, 0.2) is 5.96 Å². The first-order chi connectivity index (χ1) is 9.67. The minimum absolute atomic E-state index is 0. The van der Waals surface area contributed by atoms with E-state index in [1.807, 2.05) is 25.1 Å². The third-order valence-electron chi connectivity index (χ3n) is 2.52. The minimum Gasteiger partial charge on any atom is -0.370 e. The van der Waals surface area contributed by atoms with Crippen molar-refractivity contribution in [1.82, 2.24) is 4.90 Å². The van der Waals surface area contributed by atoms with Crippen molar-refractivity contribution >= 4 is 41.5 Å². The number of hydrogen-bond acceptors (Lipinski definition) is 2. The van der Waals surface area contributed by atoms with Crippen LogP contribution in [0.15, 0.2) is 29.3 Å². The van der Waals surface area contributed by atoms with E-state index >= 15 is 0 Å². The molecule has 0 fully saturated rings. The van der Waals surface area contributed by atoms with E-state index in [-0.39, 0.29) is 29.9 Å². The van der Waals surface area contributed by atoms with E-state index in [0.29, 0.717) is 10.6 Å². The summed E-state index contributed by atoms with van der Waals surface area (Å²) in [7, 11) is 1.06. The number of anilines is 1. The van der Waals surface area contributed by atoms with E-state index in [0.717, 1.165) is 12.6 Å². The molecule has 0 saturated heterocycles. The molecule has 0 bridgehead atoms. The van der Waals surface area contributed by atoms with Gasteiger partial charge in [-0.25, -0.2) is 4.99 Å². The second-order valence-corrected chi connectivity index (χ2v) is 4.56.